The zero-order chi connectivity index (χ0) is 30.2. The van der Waals surface area contributed by atoms with Crippen molar-refractivity contribution in [1.82, 2.24) is 14.4 Å². The van der Waals surface area contributed by atoms with Crippen molar-refractivity contribution in [3.63, 3.8) is 0 Å². The standard InChI is InChI=1S/C34H34N4O4S/c1-5-6-7-8-18-42-24-14-12-23(13-15-24)29-27(30(39)28-22(4)37-17-9-10-21(3)32(37)36-28)31(40)33(41)38(29)34-35-25-16-11-20(2)19-26(25)43-34/h9-17,19,29,39H,5-8,18H2,1-4H3. The molecule has 1 N–H and O–H groups in total. The molecule has 6 rings (SSSR count). The quantitative estimate of drug-likeness (QED) is 0.0824. The largest absolute Gasteiger partial charge is 0.505 e. The second kappa shape index (κ2) is 11.6. The molecule has 0 radical (unpaired) electrons. The Morgan fingerprint density at radius 1 is 1.00 bits per heavy atom. The third-order valence-electron chi connectivity index (χ3n) is 7.95. The molecule has 43 heavy (non-hydrogen) atoms. The van der Waals surface area contributed by atoms with Gasteiger partial charge in [0.15, 0.2) is 10.9 Å². The summed E-state index contributed by atoms with van der Waals surface area (Å²) in [6.45, 7) is 8.57. The molecule has 1 fully saturated rings. The molecule has 0 aliphatic carbocycles. The minimum atomic E-state index is -0.898. The van der Waals surface area contributed by atoms with E-state index in [1.165, 1.54) is 22.7 Å². The van der Waals surface area contributed by atoms with Crippen LogP contribution < -0.4 is 9.64 Å². The van der Waals surface area contributed by atoms with Gasteiger partial charge in [0.2, 0.25) is 0 Å². The van der Waals surface area contributed by atoms with E-state index in [0.717, 1.165) is 40.6 Å². The van der Waals surface area contributed by atoms with Crippen molar-refractivity contribution in [3.05, 3.63) is 94.4 Å². The van der Waals surface area contributed by atoms with Crippen LogP contribution in [0.25, 0.3) is 21.6 Å². The van der Waals surface area contributed by atoms with Gasteiger partial charge in [-0.3, -0.25) is 14.5 Å². The Morgan fingerprint density at radius 2 is 1.79 bits per heavy atom. The molecule has 3 aromatic heterocycles. The van der Waals surface area contributed by atoms with Gasteiger partial charge in [0.25, 0.3) is 5.78 Å². The molecule has 1 unspecified atom stereocenters. The number of nitrogens with zero attached hydrogens (tertiary/aromatic N) is 4. The number of ether oxygens (including phenoxy) is 1. The molecule has 1 amide bonds. The van der Waals surface area contributed by atoms with Gasteiger partial charge in [0.05, 0.1) is 34.1 Å². The fourth-order valence-electron chi connectivity index (χ4n) is 5.61. The molecule has 1 aliphatic heterocycles. The highest BCUT2D eigenvalue weighted by molar-refractivity contribution is 7.22. The number of carbonyl (C=O) groups excluding carboxylic acids is 2. The number of aryl methyl sites for hydroxylation is 3. The van der Waals surface area contributed by atoms with Crippen LogP contribution in [0.15, 0.2) is 66.4 Å². The Labute approximate surface area is 254 Å². The van der Waals surface area contributed by atoms with Gasteiger partial charge in [0, 0.05) is 6.20 Å². The summed E-state index contributed by atoms with van der Waals surface area (Å²) in [5.41, 5.74) is 5.00. The highest BCUT2D eigenvalue weighted by Gasteiger charge is 2.48. The van der Waals surface area contributed by atoms with Crippen molar-refractivity contribution in [1.29, 1.82) is 0 Å². The summed E-state index contributed by atoms with van der Waals surface area (Å²) in [7, 11) is 0. The highest BCUT2D eigenvalue weighted by atomic mass is 32.1. The Hall–Kier alpha value is -4.50. The number of carbonyl (C=O) groups is 2. The maximum absolute atomic E-state index is 13.8. The first-order valence-electron chi connectivity index (χ1n) is 14.6. The number of fused-ring (bicyclic) bond motifs is 2. The van der Waals surface area contributed by atoms with Gasteiger partial charge in [-0.25, -0.2) is 9.97 Å². The summed E-state index contributed by atoms with van der Waals surface area (Å²) in [6, 6.07) is 16.2. The van der Waals surface area contributed by atoms with Crippen molar-refractivity contribution in [2.24, 2.45) is 0 Å². The Morgan fingerprint density at radius 3 is 2.53 bits per heavy atom. The lowest BCUT2D eigenvalue weighted by Crippen LogP contribution is -2.29. The third-order valence-corrected chi connectivity index (χ3v) is 8.97. The van der Waals surface area contributed by atoms with E-state index in [1.54, 1.807) is 0 Å². The molecule has 1 saturated heterocycles. The van der Waals surface area contributed by atoms with Crippen molar-refractivity contribution in [2.45, 2.75) is 59.4 Å². The normalized spacial score (nSPS) is 16.6. The van der Waals surface area contributed by atoms with Gasteiger partial charge in [-0.2, -0.15) is 0 Å². The first-order valence-corrected chi connectivity index (χ1v) is 15.5. The summed E-state index contributed by atoms with van der Waals surface area (Å²) >= 11 is 1.35. The van der Waals surface area contributed by atoms with Gasteiger partial charge in [-0.1, -0.05) is 61.8 Å². The Bertz CT molecular complexity index is 1890. The van der Waals surface area contributed by atoms with Crippen molar-refractivity contribution in [3.8, 4) is 5.75 Å². The van der Waals surface area contributed by atoms with Crippen molar-refractivity contribution >= 4 is 49.8 Å². The van der Waals surface area contributed by atoms with Gasteiger partial charge in [-0.05, 0) is 74.2 Å². The predicted octanol–water partition coefficient (Wildman–Crippen LogP) is 7.45. The lowest BCUT2D eigenvalue weighted by molar-refractivity contribution is -0.132. The number of unbranched alkanes of at least 4 members (excludes halogenated alkanes) is 3. The van der Waals surface area contributed by atoms with Crippen LogP contribution in [0.1, 0.15) is 66.7 Å². The molecule has 0 saturated carbocycles. The zero-order valence-corrected chi connectivity index (χ0v) is 25.6. The lowest BCUT2D eigenvalue weighted by Gasteiger charge is -2.23. The number of hydrogen-bond donors (Lipinski definition) is 1. The number of benzene rings is 2. The number of hydrogen-bond acceptors (Lipinski definition) is 7. The summed E-state index contributed by atoms with van der Waals surface area (Å²) in [5, 5.41) is 12.2. The summed E-state index contributed by atoms with van der Waals surface area (Å²) in [5.74, 6) is -1.11. The van der Waals surface area contributed by atoms with Crippen LogP contribution in [0.2, 0.25) is 0 Å². The molecule has 5 aromatic rings. The monoisotopic (exact) mass is 594 g/mol. The van der Waals surface area contributed by atoms with E-state index in [-0.39, 0.29) is 17.0 Å². The van der Waals surface area contributed by atoms with E-state index in [9.17, 15) is 14.7 Å². The summed E-state index contributed by atoms with van der Waals surface area (Å²) < 4.78 is 8.73. The van der Waals surface area contributed by atoms with E-state index >= 15 is 0 Å². The van der Waals surface area contributed by atoms with Crippen LogP contribution in [-0.2, 0) is 9.59 Å². The number of imidazole rings is 1. The first-order chi connectivity index (χ1) is 20.8. The topological polar surface area (TPSA) is 97.0 Å². The van der Waals surface area contributed by atoms with Gasteiger partial charge >= 0.3 is 5.91 Å². The maximum Gasteiger partial charge on any atom is 0.301 e. The molecule has 220 valence electrons. The number of anilines is 1. The van der Waals surface area contributed by atoms with Crippen LogP contribution in [0, 0.1) is 20.8 Å². The molecule has 8 nitrogen and oxygen atoms in total. The molecular weight excluding hydrogens is 560 g/mol. The summed E-state index contributed by atoms with van der Waals surface area (Å²) in [4.78, 5) is 38.3. The highest BCUT2D eigenvalue weighted by Crippen LogP contribution is 2.45. The lowest BCUT2D eigenvalue weighted by atomic mass is 9.96. The SMILES string of the molecule is CCCCCCOc1ccc(C2C(=C(O)c3nc4c(C)cccn4c3C)C(=O)C(=O)N2c2nc3ccc(C)cc3s2)cc1. The van der Waals surface area contributed by atoms with Gasteiger partial charge in [0.1, 0.15) is 17.1 Å². The minimum Gasteiger partial charge on any atom is -0.505 e. The number of rotatable bonds is 9. The van der Waals surface area contributed by atoms with Gasteiger partial charge in [-0.15, -0.1) is 0 Å². The maximum atomic E-state index is 13.8. The smallest absolute Gasteiger partial charge is 0.301 e. The molecule has 0 bridgehead atoms. The minimum absolute atomic E-state index is 0.0159. The summed E-state index contributed by atoms with van der Waals surface area (Å²) in [6.07, 6.45) is 6.30. The number of pyridine rings is 1. The van der Waals surface area contributed by atoms with Crippen LogP contribution in [0.3, 0.4) is 0 Å². The number of Topliss-reactive ketones (excluding diaryl/α,β-unsaturated/α-hetero) is 1. The molecule has 4 heterocycles. The molecular formula is C34H34N4O4S. The van der Waals surface area contributed by atoms with Crippen LogP contribution >= 0.6 is 11.3 Å². The van der Waals surface area contributed by atoms with Crippen LogP contribution in [-0.4, -0.2) is 37.8 Å². The Balaban J connectivity index is 1.46. The second-order valence-corrected chi connectivity index (χ2v) is 12.1. The average molecular weight is 595 g/mol. The van der Waals surface area contributed by atoms with E-state index in [0.29, 0.717) is 34.4 Å². The third kappa shape index (κ3) is 5.18. The van der Waals surface area contributed by atoms with E-state index in [1.807, 2.05) is 86.0 Å². The van der Waals surface area contributed by atoms with E-state index < -0.39 is 17.7 Å². The number of aliphatic hydroxyl groups is 1. The zero-order valence-electron chi connectivity index (χ0n) is 24.8. The van der Waals surface area contributed by atoms with Gasteiger partial charge < -0.3 is 14.2 Å². The number of thiazole rings is 1. The fourth-order valence-corrected chi connectivity index (χ4v) is 6.70. The van der Waals surface area contributed by atoms with Crippen LogP contribution in [0.5, 0.6) is 5.75 Å². The van der Waals surface area contributed by atoms with E-state index in [4.69, 9.17) is 14.7 Å². The predicted molar refractivity (Wildman–Crippen MR) is 170 cm³/mol. The average Bonchev–Trinajstić information content (AvgIpc) is 3.65. The van der Waals surface area contributed by atoms with Crippen molar-refractivity contribution < 1.29 is 19.4 Å². The molecule has 0 spiro atoms. The number of aromatic nitrogens is 3. The van der Waals surface area contributed by atoms with E-state index in [2.05, 4.69) is 6.92 Å². The second-order valence-electron chi connectivity index (χ2n) is 11.0. The number of ketones is 1. The molecule has 1 aliphatic rings. The molecule has 2 aromatic carbocycles. The number of aliphatic hydroxyl groups excluding tert-OH is 1. The number of amides is 1. The van der Waals surface area contributed by atoms with Crippen molar-refractivity contribution in [2.75, 3.05) is 11.5 Å². The molecule has 9 heteroatoms. The van der Waals surface area contributed by atoms with Crippen LogP contribution in [0.4, 0.5) is 5.13 Å². The fraction of sp³-hybridized carbons (Fsp3) is 0.294. The first kappa shape index (κ1) is 28.6. The Kier molecular flexibility index (Phi) is 7.75. The molecule has 1 atom stereocenters.